The number of aromatic nitrogens is 2. The highest BCUT2D eigenvalue weighted by molar-refractivity contribution is 5.93. The molecule has 0 aliphatic carbocycles. The van der Waals surface area contributed by atoms with Gasteiger partial charge in [-0.3, -0.25) is 4.79 Å². The van der Waals surface area contributed by atoms with Crippen LogP contribution in [0.3, 0.4) is 0 Å². The number of carbonyl (C=O) groups excluding carboxylic acids is 1. The van der Waals surface area contributed by atoms with Crippen LogP contribution in [0.1, 0.15) is 39.6 Å². The lowest BCUT2D eigenvalue weighted by Gasteiger charge is -2.11. The van der Waals surface area contributed by atoms with Gasteiger partial charge in [0, 0.05) is 18.7 Å². The minimum Gasteiger partial charge on any atom is -0.351 e. The van der Waals surface area contributed by atoms with E-state index in [1.807, 2.05) is 0 Å². The van der Waals surface area contributed by atoms with Crippen LogP contribution in [0.15, 0.2) is 24.3 Å². The van der Waals surface area contributed by atoms with Gasteiger partial charge in [0.15, 0.2) is 0 Å². The van der Waals surface area contributed by atoms with E-state index in [4.69, 9.17) is 0 Å². The molecule has 1 aliphatic heterocycles. The molecule has 0 unspecified atom stereocenters. The molecule has 4 nitrogen and oxygen atoms in total. The Morgan fingerprint density at radius 2 is 2.00 bits per heavy atom. The summed E-state index contributed by atoms with van der Waals surface area (Å²) in [5.74, 6) is 0.0952. The molecule has 7 heteroatoms. The summed E-state index contributed by atoms with van der Waals surface area (Å²) in [5.41, 5.74) is 0.442. The van der Waals surface area contributed by atoms with E-state index in [0.717, 1.165) is 12.5 Å². The molecule has 2 aromatic rings. The van der Waals surface area contributed by atoms with Crippen molar-refractivity contribution in [3.8, 4) is 0 Å². The highest BCUT2D eigenvalue weighted by Crippen LogP contribution is 2.32. The zero-order valence-corrected chi connectivity index (χ0v) is 11.6. The Morgan fingerprint density at radius 3 is 2.77 bits per heavy atom. The molecule has 0 saturated heterocycles. The molecule has 2 heterocycles. The molecule has 0 radical (unpaired) electrons. The third-order valence-corrected chi connectivity index (χ3v) is 3.61. The number of aryl methyl sites for hydroxylation is 1. The first-order valence-corrected chi connectivity index (χ1v) is 6.96. The van der Waals surface area contributed by atoms with Gasteiger partial charge in [-0.25, -0.2) is 4.98 Å². The van der Waals surface area contributed by atoms with E-state index < -0.39 is 11.7 Å². The number of benzene rings is 1. The van der Waals surface area contributed by atoms with Gasteiger partial charge < -0.3 is 10.3 Å². The van der Waals surface area contributed by atoms with Crippen LogP contribution in [0, 0.1) is 0 Å². The summed E-state index contributed by atoms with van der Waals surface area (Å²) in [6.07, 6.45) is -2.96. The van der Waals surface area contributed by atoms with Crippen molar-refractivity contribution in [2.24, 2.45) is 0 Å². The molecule has 3 rings (SSSR count). The standard InChI is InChI=1S/C15H14F3N3O/c16-15(17,18)10-5-2-1-4-9(10)8-12-20-11-6-3-7-19-14(22)13(11)21-12/h1-2,4-5H,3,6-8H2,(H,19,22)(H,20,21). The minimum atomic E-state index is -4.41. The van der Waals surface area contributed by atoms with E-state index in [1.165, 1.54) is 12.1 Å². The number of amides is 1. The summed E-state index contributed by atoms with van der Waals surface area (Å²) in [4.78, 5) is 19.0. The molecule has 1 aromatic carbocycles. The number of rotatable bonds is 2. The maximum Gasteiger partial charge on any atom is 0.416 e. The summed E-state index contributed by atoms with van der Waals surface area (Å²) in [5, 5.41) is 2.71. The quantitative estimate of drug-likeness (QED) is 0.896. The number of H-pyrrole nitrogens is 1. The van der Waals surface area contributed by atoms with Gasteiger partial charge in [-0.2, -0.15) is 13.2 Å². The number of nitrogens with one attached hydrogen (secondary N) is 2. The second-order valence-corrected chi connectivity index (χ2v) is 5.20. The number of aromatic amines is 1. The molecule has 0 spiro atoms. The molecule has 22 heavy (non-hydrogen) atoms. The molecular weight excluding hydrogens is 295 g/mol. The third kappa shape index (κ3) is 2.84. The summed E-state index contributed by atoms with van der Waals surface area (Å²) in [6, 6.07) is 5.40. The van der Waals surface area contributed by atoms with Crippen LogP contribution >= 0.6 is 0 Å². The van der Waals surface area contributed by atoms with E-state index in [-0.39, 0.29) is 23.6 Å². The summed E-state index contributed by atoms with van der Waals surface area (Å²) in [7, 11) is 0. The first-order valence-electron chi connectivity index (χ1n) is 6.96. The lowest BCUT2D eigenvalue weighted by atomic mass is 10.0. The SMILES string of the molecule is O=C1NCCCc2[nH]c(Cc3ccccc3C(F)(F)F)nc21. The highest BCUT2D eigenvalue weighted by atomic mass is 19.4. The predicted octanol–water partition coefficient (Wildman–Crippen LogP) is 2.70. The lowest BCUT2D eigenvalue weighted by molar-refractivity contribution is -0.138. The van der Waals surface area contributed by atoms with Crippen LogP contribution < -0.4 is 5.32 Å². The second-order valence-electron chi connectivity index (χ2n) is 5.20. The van der Waals surface area contributed by atoms with Crippen LogP contribution in [0.2, 0.25) is 0 Å². The number of hydrogen-bond donors (Lipinski definition) is 2. The number of fused-ring (bicyclic) bond motifs is 1. The van der Waals surface area contributed by atoms with Crippen molar-refractivity contribution in [3.63, 3.8) is 0 Å². The molecular formula is C15H14F3N3O. The zero-order chi connectivity index (χ0) is 15.7. The van der Waals surface area contributed by atoms with Gasteiger partial charge in [-0.05, 0) is 24.5 Å². The highest BCUT2D eigenvalue weighted by Gasteiger charge is 2.33. The minimum absolute atomic E-state index is 0.00988. The van der Waals surface area contributed by atoms with Gasteiger partial charge in [0.2, 0.25) is 0 Å². The average molecular weight is 309 g/mol. The number of hydrogen-bond acceptors (Lipinski definition) is 2. The summed E-state index contributed by atoms with van der Waals surface area (Å²) in [6.45, 7) is 0.579. The Bertz CT molecular complexity index is 706. The molecule has 1 amide bonds. The first kappa shape index (κ1) is 14.6. The number of nitrogens with zero attached hydrogens (tertiary/aromatic N) is 1. The Hall–Kier alpha value is -2.31. The van der Waals surface area contributed by atoms with E-state index in [0.29, 0.717) is 24.5 Å². The van der Waals surface area contributed by atoms with Gasteiger partial charge in [0.25, 0.3) is 5.91 Å². The van der Waals surface area contributed by atoms with Gasteiger partial charge in [0.05, 0.1) is 5.56 Å². The van der Waals surface area contributed by atoms with Gasteiger partial charge in [0.1, 0.15) is 11.5 Å². The number of halogens is 3. The van der Waals surface area contributed by atoms with E-state index in [2.05, 4.69) is 15.3 Å². The Kier molecular flexibility index (Phi) is 3.64. The Morgan fingerprint density at radius 1 is 1.23 bits per heavy atom. The normalized spacial score (nSPS) is 15.1. The fourth-order valence-electron chi connectivity index (χ4n) is 2.60. The number of imidazole rings is 1. The fourth-order valence-corrected chi connectivity index (χ4v) is 2.60. The summed E-state index contributed by atoms with van der Waals surface area (Å²) < 4.78 is 39.0. The average Bonchev–Trinajstić information content (AvgIpc) is 2.78. The third-order valence-electron chi connectivity index (χ3n) is 3.61. The van der Waals surface area contributed by atoms with Gasteiger partial charge >= 0.3 is 6.18 Å². The summed E-state index contributed by atoms with van der Waals surface area (Å²) >= 11 is 0. The van der Waals surface area contributed by atoms with Crippen molar-refractivity contribution >= 4 is 5.91 Å². The van der Waals surface area contributed by atoms with Gasteiger partial charge in [-0.15, -0.1) is 0 Å². The molecule has 0 bridgehead atoms. The second kappa shape index (κ2) is 5.47. The van der Waals surface area contributed by atoms with Crippen LogP contribution in [-0.2, 0) is 19.0 Å². The number of alkyl halides is 3. The molecule has 0 fully saturated rings. The Labute approximate surface area is 124 Å². The largest absolute Gasteiger partial charge is 0.416 e. The maximum absolute atomic E-state index is 13.0. The van der Waals surface area contributed by atoms with Crippen molar-refractivity contribution < 1.29 is 18.0 Å². The fraction of sp³-hybridized carbons (Fsp3) is 0.333. The van der Waals surface area contributed by atoms with Crippen molar-refractivity contribution in [1.29, 1.82) is 0 Å². The van der Waals surface area contributed by atoms with Crippen molar-refractivity contribution in [1.82, 2.24) is 15.3 Å². The molecule has 2 N–H and O–H groups in total. The Balaban J connectivity index is 1.92. The molecule has 1 aromatic heterocycles. The lowest BCUT2D eigenvalue weighted by Crippen LogP contribution is -2.23. The van der Waals surface area contributed by atoms with Crippen LogP contribution in [0.25, 0.3) is 0 Å². The predicted molar refractivity (Wildman–Crippen MR) is 73.5 cm³/mol. The monoisotopic (exact) mass is 309 g/mol. The molecule has 0 saturated carbocycles. The van der Waals surface area contributed by atoms with Crippen molar-refractivity contribution in [2.75, 3.05) is 6.54 Å². The smallest absolute Gasteiger partial charge is 0.351 e. The first-order chi connectivity index (χ1) is 10.4. The van der Waals surface area contributed by atoms with Crippen molar-refractivity contribution in [2.45, 2.75) is 25.4 Å². The van der Waals surface area contributed by atoms with Crippen LogP contribution in [0.5, 0.6) is 0 Å². The van der Waals surface area contributed by atoms with E-state index >= 15 is 0 Å². The zero-order valence-electron chi connectivity index (χ0n) is 11.6. The van der Waals surface area contributed by atoms with E-state index in [9.17, 15) is 18.0 Å². The van der Waals surface area contributed by atoms with Crippen molar-refractivity contribution in [3.05, 3.63) is 52.6 Å². The van der Waals surface area contributed by atoms with E-state index in [1.54, 1.807) is 6.07 Å². The topological polar surface area (TPSA) is 57.8 Å². The number of carbonyl (C=O) groups is 1. The van der Waals surface area contributed by atoms with Gasteiger partial charge in [-0.1, -0.05) is 18.2 Å². The molecule has 116 valence electrons. The van der Waals surface area contributed by atoms with Crippen LogP contribution in [-0.4, -0.2) is 22.4 Å². The maximum atomic E-state index is 13.0. The van der Waals surface area contributed by atoms with Crippen LogP contribution in [0.4, 0.5) is 13.2 Å². The molecule has 0 atom stereocenters. The molecule has 1 aliphatic rings.